The van der Waals surface area contributed by atoms with Gasteiger partial charge in [0.05, 0.1) is 5.38 Å². The van der Waals surface area contributed by atoms with E-state index in [1.165, 1.54) is 0 Å². The zero-order valence-corrected chi connectivity index (χ0v) is 8.47. The van der Waals surface area contributed by atoms with Crippen molar-refractivity contribution in [3.05, 3.63) is 0 Å². The van der Waals surface area contributed by atoms with Crippen LogP contribution in [0.1, 0.15) is 33.1 Å². The van der Waals surface area contributed by atoms with E-state index in [1.807, 2.05) is 4.90 Å². The van der Waals surface area contributed by atoms with Crippen molar-refractivity contribution in [3.8, 4) is 0 Å². The van der Waals surface area contributed by atoms with E-state index in [1.54, 1.807) is 0 Å². The Hall–Kier alpha value is -0.240. The highest BCUT2D eigenvalue weighted by molar-refractivity contribution is 6.22. The molecule has 2 atom stereocenters. The molecule has 0 aromatic heterocycles. The van der Waals surface area contributed by atoms with Gasteiger partial charge in [-0.15, -0.1) is 11.6 Å². The number of hydrogen-bond acceptors (Lipinski definition) is 1. The predicted octanol–water partition coefficient (Wildman–Crippen LogP) is 2.01. The number of halogens is 1. The van der Waals surface area contributed by atoms with Gasteiger partial charge in [0.25, 0.3) is 0 Å². The van der Waals surface area contributed by atoms with Gasteiger partial charge >= 0.3 is 0 Å². The van der Waals surface area contributed by atoms with Crippen LogP contribution in [0.4, 0.5) is 0 Å². The molecule has 0 bridgehead atoms. The van der Waals surface area contributed by atoms with Crippen molar-refractivity contribution in [1.29, 1.82) is 0 Å². The lowest BCUT2D eigenvalue weighted by Gasteiger charge is -2.23. The summed E-state index contributed by atoms with van der Waals surface area (Å²) >= 11 is 5.88. The van der Waals surface area contributed by atoms with E-state index in [4.69, 9.17) is 11.6 Å². The maximum absolute atomic E-state index is 11.3. The molecule has 1 rings (SSSR count). The van der Waals surface area contributed by atoms with Crippen LogP contribution in [-0.4, -0.2) is 28.8 Å². The number of likely N-dealkylation sites (tertiary alicyclic amines) is 1. The molecule has 2 nitrogen and oxygen atoms in total. The molecule has 1 aliphatic heterocycles. The fourth-order valence-electron chi connectivity index (χ4n) is 1.69. The van der Waals surface area contributed by atoms with Gasteiger partial charge in [0.15, 0.2) is 0 Å². The monoisotopic (exact) mass is 189 g/mol. The predicted molar refractivity (Wildman–Crippen MR) is 50.3 cm³/mol. The first-order valence-corrected chi connectivity index (χ1v) is 5.02. The van der Waals surface area contributed by atoms with Crippen LogP contribution >= 0.6 is 11.6 Å². The van der Waals surface area contributed by atoms with E-state index in [0.29, 0.717) is 12.5 Å². The minimum atomic E-state index is 0.0387. The van der Waals surface area contributed by atoms with Gasteiger partial charge in [0, 0.05) is 19.0 Å². The molecule has 2 unspecified atom stereocenters. The van der Waals surface area contributed by atoms with Gasteiger partial charge in [0.2, 0.25) is 5.91 Å². The highest BCUT2D eigenvalue weighted by Gasteiger charge is 2.30. The molecule has 0 aromatic carbocycles. The smallest absolute Gasteiger partial charge is 0.224 e. The van der Waals surface area contributed by atoms with Crippen molar-refractivity contribution in [3.63, 3.8) is 0 Å². The van der Waals surface area contributed by atoms with Crippen LogP contribution in [0.5, 0.6) is 0 Å². The molecule has 1 fully saturated rings. The zero-order valence-electron chi connectivity index (χ0n) is 7.72. The Labute approximate surface area is 78.9 Å². The first kappa shape index (κ1) is 9.85. The van der Waals surface area contributed by atoms with E-state index in [-0.39, 0.29) is 11.3 Å². The van der Waals surface area contributed by atoms with E-state index >= 15 is 0 Å². The van der Waals surface area contributed by atoms with Crippen LogP contribution in [-0.2, 0) is 4.79 Å². The summed E-state index contributed by atoms with van der Waals surface area (Å²) in [5, 5.41) is 0.0387. The van der Waals surface area contributed by atoms with Gasteiger partial charge in [0.1, 0.15) is 0 Å². The molecule has 0 saturated carbocycles. The molecule has 1 heterocycles. The molecule has 70 valence electrons. The summed E-state index contributed by atoms with van der Waals surface area (Å²) in [6.07, 6.45) is 2.73. The summed E-state index contributed by atoms with van der Waals surface area (Å²) in [6.45, 7) is 4.97. The van der Waals surface area contributed by atoms with Gasteiger partial charge in [-0.25, -0.2) is 0 Å². The molecule has 3 heteroatoms. The number of amides is 1. The van der Waals surface area contributed by atoms with Crippen LogP contribution < -0.4 is 0 Å². The Balaban J connectivity index is 2.46. The second-order valence-corrected chi connectivity index (χ2v) is 4.10. The summed E-state index contributed by atoms with van der Waals surface area (Å²) in [5.74, 6) is 0.218. The van der Waals surface area contributed by atoms with E-state index in [9.17, 15) is 4.79 Å². The molecular weight excluding hydrogens is 174 g/mol. The number of carbonyl (C=O) groups excluding carboxylic acids is 1. The molecule has 1 amide bonds. The van der Waals surface area contributed by atoms with Gasteiger partial charge in [-0.05, 0) is 13.3 Å². The minimum Gasteiger partial charge on any atom is -0.338 e. The second-order valence-electron chi connectivity index (χ2n) is 3.49. The van der Waals surface area contributed by atoms with Gasteiger partial charge < -0.3 is 4.90 Å². The normalized spacial score (nSPS) is 26.4. The largest absolute Gasteiger partial charge is 0.338 e. The summed E-state index contributed by atoms with van der Waals surface area (Å²) in [4.78, 5) is 13.2. The van der Waals surface area contributed by atoms with Crippen molar-refractivity contribution in [1.82, 2.24) is 4.90 Å². The van der Waals surface area contributed by atoms with Crippen LogP contribution in [0.25, 0.3) is 0 Å². The summed E-state index contributed by atoms with van der Waals surface area (Å²) in [6, 6.07) is 0.367. The Morgan fingerprint density at radius 2 is 2.42 bits per heavy atom. The maximum Gasteiger partial charge on any atom is 0.224 e. The van der Waals surface area contributed by atoms with Crippen molar-refractivity contribution in [2.45, 2.75) is 44.5 Å². The maximum atomic E-state index is 11.3. The topological polar surface area (TPSA) is 20.3 Å². The summed E-state index contributed by atoms with van der Waals surface area (Å²) in [5.41, 5.74) is 0. The number of carbonyl (C=O) groups is 1. The zero-order chi connectivity index (χ0) is 9.14. The van der Waals surface area contributed by atoms with Crippen molar-refractivity contribution >= 4 is 17.5 Å². The molecule has 1 saturated heterocycles. The van der Waals surface area contributed by atoms with Crippen LogP contribution in [0.3, 0.4) is 0 Å². The average Bonchev–Trinajstić information content (AvgIpc) is 2.30. The fourth-order valence-corrected chi connectivity index (χ4v) is 1.97. The third-order valence-electron chi connectivity index (χ3n) is 2.35. The second kappa shape index (κ2) is 4.13. The van der Waals surface area contributed by atoms with Crippen LogP contribution in [0, 0.1) is 0 Å². The third-order valence-corrected chi connectivity index (χ3v) is 2.64. The van der Waals surface area contributed by atoms with Crippen molar-refractivity contribution in [2.24, 2.45) is 0 Å². The number of nitrogens with zero attached hydrogens (tertiary/aromatic N) is 1. The summed E-state index contributed by atoms with van der Waals surface area (Å²) < 4.78 is 0. The minimum absolute atomic E-state index is 0.0387. The molecule has 12 heavy (non-hydrogen) atoms. The number of hydrogen-bond donors (Lipinski definition) is 0. The Morgan fingerprint density at radius 3 is 2.83 bits per heavy atom. The average molecular weight is 190 g/mol. The highest BCUT2D eigenvalue weighted by Crippen LogP contribution is 2.20. The Bertz CT molecular complexity index is 172. The highest BCUT2D eigenvalue weighted by atomic mass is 35.5. The van der Waals surface area contributed by atoms with E-state index in [2.05, 4.69) is 13.8 Å². The quantitative estimate of drug-likeness (QED) is 0.622. The molecule has 1 aliphatic rings. The SMILES string of the molecule is CCCC(C)N1CC(Cl)CC1=O. The molecule has 0 N–H and O–H groups in total. The molecule has 0 radical (unpaired) electrons. The lowest BCUT2D eigenvalue weighted by atomic mass is 10.2. The Morgan fingerprint density at radius 1 is 1.75 bits per heavy atom. The molecular formula is C9H16ClNO. The van der Waals surface area contributed by atoms with E-state index in [0.717, 1.165) is 19.4 Å². The fraction of sp³-hybridized carbons (Fsp3) is 0.889. The van der Waals surface area contributed by atoms with Gasteiger partial charge in [-0.2, -0.15) is 0 Å². The van der Waals surface area contributed by atoms with Gasteiger partial charge in [-0.1, -0.05) is 13.3 Å². The van der Waals surface area contributed by atoms with Gasteiger partial charge in [-0.3, -0.25) is 4.79 Å². The molecule has 0 aliphatic carbocycles. The Kier molecular flexibility index (Phi) is 3.39. The molecule has 0 aromatic rings. The third kappa shape index (κ3) is 2.13. The first-order valence-electron chi connectivity index (χ1n) is 4.58. The summed E-state index contributed by atoms with van der Waals surface area (Å²) in [7, 11) is 0. The lowest BCUT2D eigenvalue weighted by molar-refractivity contribution is -0.129. The van der Waals surface area contributed by atoms with Crippen LogP contribution in [0.2, 0.25) is 0 Å². The van der Waals surface area contributed by atoms with Crippen molar-refractivity contribution in [2.75, 3.05) is 6.54 Å². The lowest BCUT2D eigenvalue weighted by Crippen LogP contribution is -2.34. The number of alkyl halides is 1. The number of rotatable bonds is 3. The van der Waals surface area contributed by atoms with Crippen LogP contribution in [0.15, 0.2) is 0 Å². The standard InChI is InChI=1S/C9H16ClNO/c1-3-4-7(2)11-6-8(10)5-9(11)12/h7-8H,3-6H2,1-2H3. The molecule has 0 spiro atoms. The van der Waals surface area contributed by atoms with Crippen molar-refractivity contribution < 1.29 is 4.79 Å². The van der Waals surface area contributed by atoms with E-state index < -0.39 is 0 Å². The first-order chi connectivity index (χ1) is 5.65.